The van der Waals surface area contributed by atoms with E-state index in [0.717, 1.165) is 31.0 Å². The molecule has 0 spiro atoms. The first-order valence-corrected chi connectivity index (χ1v) is 6.76. The van der Waals surface area contributed by atoms with Crippen LogP contribution in [0.2, 0.25) is 0 Å². The third kappa shape index (κ3) is 3.86. The fourth-order valence-corrected chi connectivity index (χ4v) is 2.06. The normalized spacial score (nSPS) is 12.3. The Hall–Kier alpha value is -1.74. The zero-order valence-corrected chi connectivity index (χ0v) is 11.6. The number of rotatable bonds is 7. The summed E-state index contributed by atoms with van der Waals surface area (Å²) >= 11 is 0. The molecule has 0 bridgehead atoms. The maximum absolute atomic E-state index is 5.67. The van der Waals surface area contributed by atoms with E-state index in [1.54, 1.807) is 6.26 Å². The summed E-state index contributed by atoms with van der Waals surface area (Å²) in [6.07, 6.45) is 3.57. The van der Waals surface area contributed by atoms with E-state index in [1.807, 2.05) is 31.3 Å². The number of hydrogen-bond acceptors (Lipinski definition) is 3. The number of likely N-dealkylation sites (N-methyl/N-ethyl adjacent to an activating group) is 1. The molecule has 1 heterocycles. The van der Waals surface area contributed by atoms with Crippen LogP contribution in [-0.4, -0.2) is 13.7 Å². The van der Waals surface area contributed by atoms with Crippen molar-refractivity contribution in [3.8, 4) is 5.75 Å². The highest BCUT2D eigenvalue weighted by Gasteiger charge is 2.12. The molecule has 2 rings (SSSR count). The van der Waals surface area contributed by atoms with Crippen LogP contribution in [0.1, 0.15) is 30.7 Å². The lowest BCUT2D eigenvalue weighted by Crippen LogP contribution is -2.18. The largest absolute Gasteiger partial charge is 0.494 e. The number of hydrogen-bond donors (Lipinski definition) is 1. The maximum atomic E-state index is 5.67. The van der Waals surface area contributed by atoms with Crippen LogP contribution in [0.15, 0.2) is 47.1 Å². The average Bonchev–Trinajstić information content (AvgIpc) is 2.96. The van der Waals surface area contributed by atoms with Crippen LogP contribution in [-0.2, 0) is 6.42 Å². The topological polar surface area (TPSA) is 34.4 Å². The Labute approximate surface area is 114 Å². The molecular weight excluding hydrogens is 238 g/mol. The summed E-state index contributed by atoms with van der Waals surface area (Å²) in [5.41, 5.74) is 1.22. The van der Waals surface area contributed by atoms with Crippen LogP contribution >= 0.6 is 0 Å². The first-order valence-electron chi connectivity index (χ1n) is 6.76. The Bertz CT molecular complexity index is 479. The zero-order chi connectivity index (χ0) is 13.5. The fraction of sp³-hybridized carbons (Fsp3) is 0.375. The van der Waals surface area contributed by atoms with Crippen molar-refractivity contribution in [1.82, 2.24) is 5.32 Å². The minimum absolute atomic E-state index is 0.233. The second kappa shape index (κ2) is 7.00. The molecule has 0 saturated carbocycles. The minimum atomic E-state index is 0.233. The number of benzene rings is 1. The molecule has 0 fully saturated rings. The van der Waals surface area contributed by atoms with Crippen molar-refractivity contribution >= 4 is 0 Å². The van der Waals surface area contributed by atoms with Crippen LogP contribution in [0, 0.1) is 0 Å². The summed E-state index contributed by atoms with van der Waals surface area (Å²) in [5.74, 6) is 1.92. The molecule has 0 amide bonds. The van der Waals surface area contributed by atoms with Gasteiger partial charge in [-0.15, -0.1) is 0 Å². The van der Waals surface area contributed by atoms with E-state index in [4.69, 9.17) is 9.15 Å². The lowest BCUT2D eigenvalue weighted by molar-refractivity contribution is 0.316. The van der Waals surface area contributed by atoms with Gasteiger partial charge in [0, 0.05) is 12.5 Å². The Kier molecular flexibility index (Phi) is 5.04. The van der Waals surface area contributed by atoms with Gasteiger partial charge in [0.25, 0.3) is 0 Å². The molecule has 1 unspecified atom stereocenters. The van der Waals surface area contributed by atoms with E-state index < -0.39 is 0 Å². The highest BCUT2D eigenvalue weighted by atomic mass is 16.5. The molecule has 0 saturated heterocycles. The quantitative estimate of drug-likeness (QED) is 0.825. The first-order chi connectivity index (χ1) is 9.33. The van der Waals surface area contributed by atoms with E-state index in [1.165, 1.54) is 5.56 Å². The van der Waals surface area contributed by atoms with E-state index >= 15 is 0 Å². The van der Waals surface area contributed by atoms with Crippen molar-refractivity contribution < 1.29 is 9.15 Å². The summed E-state index contributed by atoms with van der Waals surface area (Å²) in [6, 6.07) is 12.4. The Balaban J connectivity index is 2.09. The number of furan rings is 1. The van der Waals surface area contributed by atoms with Gasteiger partial charge in [0.1, 0.15) is 11.5 Å². The number of ether oxygens (including phenoxy) is 1. The van der Waals surface area contributed by atoms with Gasteiger partial charge >= 0.3 is 0 Å². The predicted molar refractivity (Wildman–Crippen MR) is 76.4 cm³/mol. The fourth-order valence-electron chi connectivity index (χ4n) is 2.06. The molecule has 1 N–H and O–H groups in total. The van der Waals surface area contributed by atoms with Crippen molar-refractivity contribution in [3.05, 3.63) is 54.0 Å². The van der Waals surface area contributed by atoms with Crippen LogP contribution in [0.4, 0.5) is 0 Å². The maximum Gasteiger partial charge on any atom is 0.119 e. The van der Waals surface area contributed by atoms with E-state index in [0.29, 0.717) is 0 Å². The van der Waals surface area contributed by atoms with Gasteiger partial charge in [-0.2, -0.15) is 0 Å². The number of nitrogens with one attached hydrogen (secondary N) is 1. The van der Waals surface area contributed by atoms with E-state index in [-0.39, 0.29) is 6.04 Å². The average molecular weight is 259 g/mol. The standard InChI is InChI=1S/C16H21NO2/c1-3-9-18-14-7-4-6-13(11-14)16(17-2)12-15-8-5-10-19-15/h4-8,10-11,16-17H,3,9,12H2,1-2H3. The third-order valence-electron chi connectivity index (χ3n) is 3.07. The molecule has 2 aromatic rings. The predicted octanol–water partition coefficient (Wildman–Crippen LogP) is 3.57. The second-order valence-electron chi connectivity index (χ2n) is 4.55. The van der Waals surface area contributed by atoms with Crippen molar-refractivity contribution in [3.63, 3.8) is 0 Å². The highest BCUT2D eigenvalue weighted by Crippen LogP contribution is 2.22. The van der Waals surface area contributed by atoms with Gasteiger partial charge < -0.3 is 14.5 Å². The van der Waals surface area contributed by atoms with E-state index in [9.17, 15) is 0 Å². The van der Waals surface area contributed by atoms with Crippen molar-refractivity contribution in [2.24, 2.45) is 0 Å². The van der Waals surface area contributed by atoms with Gasteiger partial charge in [0.05, 0.1) is 12.9 Å². The smallest absolute Gasteiger partial charge is 0.119 e. The molecular formula is C16H21NO2. The monoisotopic (exact) mass is 259 g/mol. The molecule has 102 valence electrons. The van der Waals surface area contributed by atoms with Crippen LogP contribution in [0.5, 0.6) is 5.75 Å². The van der Waals surface area contributed by atoms with Crippen LogP contribution in [0.3, 0.4) is 0 Å². The second-order valence-corrected chi connectivity index (χ2v) is 4.55. The van der Waals surface area contributed by atoms with Gasteiger partial charge in [0.2, 0.25) is 0 Å². The lowest BCUT2D eigenvalue weighted by Gasteiger charge is -2.16. The third-order valence-corrected chi connectivity index (χ3v) is 3.07. The highest BCUT2D eigenvalue weighted by molar-refractivity contribution is 5.31. The van der Waals surface area contributed by atoms with Gasteiger partial charge in [-0.25, -0.2) is 0 Å². The summed E-state index contributed by atoms with van der Waals surface area (Å²) in [6.45, 7) is 2.86. The SMILES string of the molecule is CCCOc1cccc(C(Cc2ccco2)NC)c1. The molecule has 0 aliphatic heterocycles. The van der Waals surface area contributed by atoms with Gasteiger partial charge in [-0.05, 0) is 43.3 Å². The molecule has 1 atom stereocenters. The first kappa shape index (κ1) is 13.7. The van der Waals surface area contributed by atoms with Crippen molar-refractivity contribution in [2.75, 3.05) is 13.7 Å². The Morgan fingerprint density at radius 1 is 1.26 bits per heavy atom. The summed E-state index contributed by atoms with van der Waals surface area (Å²) in [7, 11) is 1.97. The molecule has 0 radical (unpaired) electrons. The molecule has 3 heteroatoms. The lowest BCUT2D eigenvalue weighted by atomic mass is 10.0. The van der Waals surface area contributed by atoms with Crippen LogP contribution in [0.25, 0.3) is 0 Å². The molecule has 0 aliphatic carbocycles. The van der Waals surface area contributed by atoms with Crippen LogP contribution < -0.4 is 10.1 Å². The van der Waals surface area contributed by atoms with Gasteiger partial charge in [-0.1, -0.05) is 19.1 Å². The zero-order valence-electron chi connectivity index (χ0n) is 11.6. The molecule has 1 aromatic carbocycles. The van der Waals surface area contributed by atoms with Gasteiger partial charge in [0.15, 0.2) is 0 Å². The summed E-state index contributed by atoms with van der Waals surface area (Å²) in [5, 5.41) is 3.32. The van der Waals surface area contributed by atoms with E-state index in [2.05, 4.69) is 24.4 Å². The molecule has 1 aromatic heterocycles. The van der Waals surface area contributed by atoms with Gasteiger partial charge in [-0.3, -0.25) is 0 Å². The Morgan fingerprint density at radius 2 is 2.16 bits per heavy atom. The molecule has 3 nitrogen and oxygen atoms in total. The minimum Gasteiger partial charge on any atom is -0.494 e. The molecule has 19 heavy (non-hydrogen) atoms. The molecule has 0 aliphatic rings. The van der Waals surface area contributed by atoms with Crippen molar-refractivity contribution in [2.45, 2.75) is 25.8 Å². The summed E-state index contributed by atoms with van der Waals surface area (Å²) in [4.78, 5) is 0. The Morgan fingerprint density at radius 3 is 2.84 bits per heavy atom. The summed E-state index contributed by atoms with van der Waals surface area (Å²) < 4.78 is 11.1. The van der Waals surface area contributed by atoms with Crippen molar-refractivity contribution in [1.29, 1.82) is 0 Å².